The van der Waals surface area contributed by atoms with E-state index in [1.54, 1.807) is 0 Å². The molecule has 1 aliphatic rings. The normalized spacial score (nSPS) is 23.4. The van der Waals surface area contributed by atoms with Gasteiger partial charge in [0.2, 0.25) is 0 Å². The second-order valence-electron chi connectivity index (χ2n) is 3.20. The van der Waals surface area contributed by atoms with E-state index in [2.05, 4.69) is 25.4 Å². The third-order valence-corrected chi connectivity index (χ3v) is 2.27. The number of allylic oxidation sites excluding steroid dienone is 1. The van der Waals surface area contributed by atoms with Crippen molar-refractivity contribution in [1.82, 2.24) is 5.32 Å². The molecule has 0 aromatic carbocycles. The predicted octanol–water partition coefficient (Wildman–Crippen LogP) is 2.47. The molecule has 1 unspecified atom stereocenters. The van der Waals surface area contributed by atoms with Crippen molar-refractivity contribution in [3.63, 3.8) is 0 Å². The van der Waals surface area contributed by atoms with Gasteiger partial charge in [-0.2, -0.15) is 0 Å². The van der Waals surface area contributed by atoms with Crippen molar-refractivity contribution in [2.75, 3.05) is 6.54 Å². The average molecular weight is 151 g/mol. The van der Waals surface area contributed by atoms with Crippen LogP contribution in [-0.2, 0) is 0 Å². The van der Waals surface area contributed by atoms with Crippen LogP contribution in [0.15, 0.2) is 24.4 Å². The summed E-state index contributed by atoms with van der Waals surface area (Å²) in [6.45, 7) is 11.3. The number of hydrogen-bond donors (Lipinski definition) is 1. The first kappa shape index (κ1) is 8.38. The second-order valence-corrected chi connectivity index (χ2v) is 3.20. The van der Waals surface area contributed by atoms with Crippen molar-refractivity contribution in [3.8, 4) is 0 Å². The van der Waals surface area contributed by atoms with Gasteiger partial charge < -0.3 is 5.32 Å². The first-order chi connectivity index (χ1) is 5.25. The minimum Gasteiger partial charge on any atom is -0.388 e. The zero-order valence-corrected chi connectivity index (χ0v) is 7.32. The lowest BCUT2D eigenvalue weighted by Gasteiger charge is -2.12. The van der Waals surface area contributed by atoms with Gasteiger partial charge in [-0.05, 0) is 12.8 Å². The van der Waals surface area contributed by atoms with Gasteiger partial charge in [0.1, 0.15) is 0 Å². The molecule has 0 radical (unpaired) electrons. The minimum absolute atomic E-state index is 0.551. The van der Waals surface area contributed by atoms with Gasteiger partial charge in [0.15, 0.2) is 0 Å². The van der Waals surface area contributed by atoms with Crippen molar-refractivity contribution >= 4 is 0 Å². The summed E-state index contributed by atoms with van der Waals surface area (Å²) in [7, 11) is 0. The first-order valence-electron chi connectivity index (χ1n) is 4.36. The molecule has 0 amide bonds. The minimum atomic E-state index is 0.551. The number of nitrogens with one attached hydrogen (secondary N) is 1. The highest BCUT2D eigenvalue weighted by atomic mass is 14.9. The van der Waals surface area contributed by atoms with E-state index in [9.17, 15) is 0 Å². The van der Waals surface area contributed by atoms with Gasteiger partial charge in [0.25, 0.3) is 0 Å². The molecule has 1 aliphatic heterocycles. The van der Waals surface area contributed by atoms with Crippen LogP contribution >= 0.6 is 0 Å². The van der Waals surface area contributed by atoms with Crippen molar-refractivity contribution in [2.24, 2.45) is 5.92 Å². The lowest BCUT2D eigenvalue weighted by molar-refractivity contribution is 0.695. The quantitative estimate of drug-likeness (QED) is 0.611. The lowest BCUT2D eigenvalue weighted by atomic mass is 9.94. The first-order valence-corrected chi connectivity index (χ1v) is 4.36. The fourth-order valence-corrected chi connectivity index (χ4v) is 1.62. The Morgan fingerprint density at radius 2 is 2.45 bits per heavy atom. The Bertz CT molecular complexity index is 170. The summed E-state index contributed by atoms with van der Waals surface area (Å²) < 4.78 is 0. The van der Waals surface area contributed by atoms with Crippen molar-refractivity contribution in [1.29, 1.82) is 0 Å². The summed E-state index contributed by atoms with van der Waals surface area (Å²) in [5.41, 5.74) is 2.52. The summed E-state index contributed by atoms with van der Waals surface area (Å²) in [4.78, 5) is 0. The van der Waals surface area contributed by atoms with E-state index in [0.717, 1.165) is 13.0 Å². The maximum Gasteiger partial charge on any atom is 0.0204 e. The third kappa shape index (κ3) is 1.86. The van der Waals surface area contributed by atoms with Crippen LogP contribution in [0, 0.1) is 5.92 Å². The summed E-state index contributed by atoms with van der Waals surface area (Å²) in [5, 5.41) is 3.25. The fourth-order valence-electron chi connectivity index (χ4n) is 1.62. The van der Waals surface area contributed by atoms with Gasteiger partial charge in [-0.15, -0.1) is 0 Å². The van der Waals surface area contributed by atoms with Crippen molar-refractivity contribution < 1.29 is 0 Å². The molecule has 1 nitrogen and oxygen atoms in total. The molecule has 0 saturated carbocycles. The topological polar surface area (TPSA) is 12.0 Å². The summed E-state index contributed by atoms with van der Waals surface area (Å²) >= 11 is 0. The highest BCUT2D eigenvalue weighted by Gasteiger charge is 2.20. The molecular weight excluding hydrogens is 134 g/mol. The third-order valence-electron chi connectivity index (χ3n) is 2.27. The van der Waals surface area contributed by atoms with E-state index in [-0.39, 0.29) is 0 Å². The summed E-state index contributed by atoms with van der Waals surface area (Å²) in [5.74, 6) is 0.551. The van der Waals surface area contributed by atoms with E-state index < -0.39 is 0 Å². The van der Waals surface area contributed by atoms with E-state index in [1.807, 2.05) is 0 Å². The van der Waals surface area contributed by atoms with Crippen LogP contribution in [-0.4, -0.2) is 6.54 Å². The summed E-state index contributed by atoms with van der Waals surface area (Å²) in [6, 6.07) is 0. The Labute approximate surface area is 69.2 Å². The lowest BCUT2D eigenvalue weighted by Crippen LogP contribution is -2.06. The average Bonchev–Trinajstić information content (AvgIpc) is 2.36. The van der Waals surface area contributed by atoms with Crippen molar-refractivity contribution in [3.05, 3.63) is 24.4 Å². The number of rotatable bonds is 3. The maximum absolute atomic E-state index is 4.08. The van der Waals surface area contributed by atoms with Crippen LogP contribution in [0.5, 0.6) is 0 Å². The van der Waals surface area contributed by atoms with E-state index in [1.165, 1.54) is 24.1 Å². The van der Waals surface area contributed by atoms with Crippen LogP contribution in [0.3, 0.4) is 0 Å². The van der Waals surface area contributed by atoms with Crippen molar-refractivity contribution in [2.45, 2.75) is 26.2 Å². The van der Waals surface area contributed by atoms with Gasteiger partial charge in [0, 0.05) is 18.2 Å². The van der Waals surface area contributed by atoms with Gasteiger partial charge in [-0.3, -0.25) is 0 Å². The highest BCUT2D eigenvalue weighted by molar-refractivity contribution is 5.18. The zero-order valence-electron chi connectivity index (χ0n) is 7.32. The molecule has 62 valence electrons. The summed E-state index contributed by atoms with van der Waals surface area (Å²) in [6.07, 6.45) is 3.53. The molecule has 1 heterocycles. The predicted molar refractivity (Wildman–Crippen MR) is 49.3 cm³/mol. The fraction of sp³-hybridized carbons (Fsp3) is 0.600. The molecule has 1 heteroatoms. The monoisotopic (exact) mass is 151 g/mol. The Balaban J connectivity index is 2.46. The molecule has 11 heavy (non-hydrogen) atoms. The molecule has 1 N–H and O–H groups in total. The molecular formula is C10H17N. The molecule has 1 fully saturated rings. The van der Waals surface area contributed by atoms with Gasteiger partial charge >= 0.3 is 0 Å². The Kier molecular flexibility index (Phi) is 2.75. The standard InChI is InChI=1S/C10H17N/c1-4-5-8(2)10-6-7-11-9(10)3/h10-11H,2-7H2,1H3. The van der Waals surface area contributed by atoms with E-state index >= 15 is 0 Å². The smallest absolute Gasteiger partial charge is 0.0204 e. The Hall–Kier alpha value is -0.720. The van der Waals surface area contributed by atoms with E-state index in [0.29, 0.717) is 5.92 Å². The second kappa shape index (κ2) is 3.61. The zero-order chi connectivity index (χ0) is 8.27. The van der Waals surface area contributed by atoms with Gasteiger partial charge in [-0.25, -0.2) is 0 Å². The largest absolute Gasteiger partial charge is 0.388 e. The van der Waals surface area contributed by atoms with Crippen LogP contribution in [0.2, 0.25) is 0 Å². The van der Waals surface area contributed by atoms with Crippen LogP contribution in [0.4, 0.5) is 0 Å². The molecule has 1 saturated heterocycles. The molecule has 1 atom stereocenters. The maximum atomic E-state index is 4.08. The Morgan fingerprint density at radius 3 is 2.91 bits per heavy atom. The molecule has 0 spiro atoms. The number of hydrogen-bond acceptors (Lipinski definition) is 1. The molecule has 0 aliphatic carbocycles. The van der Waals surface area contributed by atoms with Gasteiger partial charge in [-0.1, -0.05) is 32.1 Å². The molecule has 0 aromatic heterocycles. The molecule has 1 rings (SSSR count). The Morgan fingerprint density at radius 1 is 1.73 bits per heavy atom. The van der Waals surface area contributed by atoms with Crippen LogP contribution < -0.4 is 5.32 Å². The van der Waals surface area contributed by atoms with E-state index in [4.69, 9.17) is 0 Å². The van der Waals surface area contributed by atoms with Gasteiger partial charge in [0.05, 0.1) is 0 Å². The SMILES string of the molecule is C=C(CCC)C1CCNC1=C. The molecule has 0 aromatic rings. The van der Waals surface area contributed by atoms with Crippen LogP contribution in [0.25, 0.3) is 0 Å². The molecule has 0 bridgehead atoms. The highest BCUT2D eigenvalue weighted by Crippen LogP contribution is 2.27. The van der Waals surface area contributed by atoms with Crippen LogP contribution in [0.1, 0.15) is 26.2 Å².